The van der Waals surface area contributed by atoms with E-state index in [0.29, 0.717) is 39.3 Å². The number of carbonyl (C=O) groups excluding carboxylic acids is 6. The zero-order valence-corrected chi connectivity index (χ0v) is 26.4. The van der Waals surface area contributed by atoms with Crippen LogP contribution in [-0.4, -0.2) is 89.0 Å². The number of rotatable bonds is 6. The van der Waals surface area contributed by atoms with Gasteiger partial charge in [-0.3, -0.25) is 28.8 Å². The fourth-order valence-electron chi connectivity index (χ4n) is 4.85. The number of nitrogens with zero attached hydrogens (tertiary/aromatic N) is 6. The summed E-state index contributed by atoms with van der Waals surface area (Å²) in [7, 11) is 0. The third-order valence-corrected chi connectivity index (χ3v) is 7.35. The number of hydrogen-bond acceptors (Lipinski definition) is 9. The van der Waals surface area contributed by atoms with E-state index in [1.807, 2.05) is 0 Å². The van der Waals surface area contributed by atoms with E-state index in [-0.39, 0.29) is 52.1 Å². The molecule has 0 aliphatic carbocycles. The van der Waals surface area contributed by atoms with Crippen molar-refractivity contribution in [2.75, 3.05) is 39.3 Å². The largest absolute Gasteiger partial charge is 0.341 e. The fraction of sp³-hybridized carbons (Fsp3) is 0.700. The Balaban J connectivity index is 0.000000608. The van der Waals surface area contributed by atoms with Crippen molar-refractivity contribution in [2.24, 2.45) is 17.8 Å². The van der Waals surface area contributed by atoms with Crippen LogP contribution < -0.4 is 0 Å². The van der Waals surface area contributed by atoms with Crippen LogP contribution in [0.3, 0.4) is 0 Å². The first-order valence-electron chi connectivity index (χ1n) is 14.6. The minimum Gasteiger partial charge on any atom is -0.341 e. The van der Waals surface area contributed by atoms with E-state index in [0.717, 1.165) is 57.8 Å². The molecule has 3 aliphatic heterocycles. The minimum atomic E-state index is -1.09. The van der Waals surface area contributed by atoms with Gasteiger partial charge in [0.25, 0.3) is 0 Å². The van der Waals surface area contributed by atoms with Gasteiger partial charge in [-0.1, -0.05) is 0 Å². The van der Waals surface area contributed by atoms with Gasteiger partial charge in [0.1, 0.15) is 0 Å². The molecule has 0 N–H and O–H groups in total. The molecule has 3 rings (SSSR count). The summed E-state index contributed by atoms with van der Waals surface area (Å²) >= 11 is 0. The van der Waals surface area contributed by atoms with Crippen molar-refractivity contribution in [2.45, 2.75) is 78.6 Å². The molecule has 12 nitrogen and oxygen atoms in total. The van der Waals surface area contributed by atoms with Crippen LogP contribution >= 0.6 is 0 Å². The predicted molar refractivity (Wildman–Crippen MR) is 151 cm³/mol. The Hall–Kier alpha value is -3.59. The zero-order valence-electron chi connectivity index (χ0n) is 25.3. The number of nitriles is 3. The number of ketones is 3. The van der Waals surface area contributed by atoms with Crippen LogP contribution in [0.25, 0.3) is 0 Å². The summed E-state index contributed by atoms with van der Waals surface area (Å²) in [5.41, 5.74) is 0. The van der Waals surface area contributed by atoms with E-state index >= 15 is 0 Å². The number of carbonyl (C=O) groups is 6. The summed E-state index contributed by atoms with van der Waals surface area (Å²) in [5, 5.41) is 26.0. The van der Waals surface area contributed by atoms with E-state index < -0.39 is 17.8 Å². The van der Waals surface area contributed by atoms with Crippen LogP contribution in [0.15, 0.2) is 0 Å². The molecule has 13 heteroatoms. The van der Waals surface area contributed by atoms with E-state index in [2.05, 4.69) is 0 Å². The second-order valence-corrected chi connectivity index (χ2v) is 10.7. The smallest absolute Gasteiger partial charge is 0.247 e. The van der Waals surface area contributed by atoms with E-state index in [1.54, 1.807) is 32.9 Å². The van der Waals surface area contributed by atoms with Crippen molar-refractivity contribution in [3.05, 3.63) is 0 Å². The summed E-state index contributed by atoms with van der Waals surface area (Å²) < 4.78 is 0. The van der Waals surface area contributed by atoms with Crippen molar-refractivity contribution < 1.29 is 45.8 Å². The molecule has 0 radical (unpaired) electrons. The van der Waals surface area contributed by atoms with Crippen molar-refractivity contribution in [1.82, 2.24) is 14.7 Å². The normalized spacial score (nSPS) is 18.0. The average Bonchev–Trinajstić information content (AvgIpc) is 2.99. The van der Waals surface area contributed by atoms with Gasteiger partial charge in [-0.05, 0) is 78.6 Å². The average molecular weight is 639 g/mol. The molecule has 3 heterocycles. The monoisotopic (exact) mass is 638 g/mol. The summed E-state index contributed by atoms with van der Waals surface area (Å²) in [4.78, 5) is 72.8. The van der Waals surface area contributed by atoms with E-state index in [4.69, 9.17) is 15.8 Å². The van der Waals surface area contributed by atoms with Crippen molar-refractivity contribution >= 4 is 35.1 Å². The molecule has 3 atom stereocenters. The quantitative estimate of drug-likeness (QED) is 0.311. The summed E-state index contributed by atoms with van der Waals surface area (Å²) in [6.45, 7) is 7.97. The van der Waals surface area contributed by atoms with Crippen molar-refractivity contribution in [3.63, 3.8) is 0 Å². The maximum atomic E-state index is 11.7. The molecule has 3 aliphatic rings. The first-order chi connectivity index (χ1) is 20.0. The maximum absolute atomic E-state index is 11.7. The van der Waals surface area contributed by atoms with Crippen LogP contribution in [0, 0.1) is 51.7 Å². The van der Waals surface area contributed by atoms with Crippen molar-refractivity contribution in [1.29, 1.82) is 15.8 Å². The Bertz CT molecular complexity index is 968. The minimum absolute atomic E-state index is 0. The van der Waals surface area contributed by atoms with Gasteiger partial charge in [-0.15, -0.1) is 0 Å². The molecule has 236 valence electrons. The van der Waals surface area contributed by atoms with Gasteiger partial charge in [0.15, 0.2) is 35.1 Å². The van der Waals surface area contributed by atoms with Gasteiger partial charge in [-0.2, -0.15) is 15.8 Å². The first-order valence-corrected chi connectivity index (χ1v) is 14.6. The zero-order chi connectivity index (χ0) is 31.7. The summed E-state index contributed by atoms with van der Waals surface area (Å²) in [5.74, 6) is -5.30. The Labute approximate surface area is 264 Å². The number of likely N-dealkylation sites (tertiary alicyclic amines) is 3. The molecule has 3 unspecified atom stereocenters. The van der Waals surface area contributed by atoms with Gasteiger partial charge in [0.05, 0.1) is 18.2 Å². The van der Waals surface area contributed by atoms with Gasteiger partial charge in [0.2, 0.25) is 17.7 Å². The van der Waals surface area contributed by atoms with Crippen LogP contribution in [-0.2, 0) is 45.8 Å². The number of amides is 3. The van der Waals surface area contributed by atoms with Gasteiger partial charge in [-0.25, -0.2) is 0 Å². The van der Waals surface area contributed by atoms with Gasteiger partial charge < -0.3 is 14.7 Å². The van der Waals surface area contributed by atoms with Gasteiger partial charge in [0, 0.05) is 56.3 Å². The Kier molecular flexibility index (Phi) is 19.4. The van der Waals surface area contributed by atoms with E-state index in [1.165, 1.54) is 20.8 Å². The topological polar surface area (TPSA) is 184 Å². The predicted octanol–water partition coefficient (Wildman–Crippen LogP) is 2.18. The standard InChI is InChI=1S/3C10H14N2O2.Fe/c3*1-8(13)9(7-11)10(14)12-5-3-2-4-6-12;/h3*9H,2-6H2,1H3;. The first kappa shape index (κ1) is 39.4. The molecule has 0 aromatic heterocycles. The molecular formula is C30H42FeN6O6. The maximum Gasteiger partial charge on any atom is 0.247 e. The molecule has 0 aromatic rings. The van der Waals surface area contributed by atoms with Crippen LogP contribution in [0.4, 0.5) is 0 Å². The third kappa shape index (κ3) is 13.1. The van der Waals surface area contributed by atoms with Crippen LogP contribution in [0.2, 0.25) is 0 Å². The second kappa shape index (κ2) is 21.2. The molecule has 0 aromatic carbocycles. The third-order valence-electron chi connectivity index (χ3n) is 7.35. The molecule has 3 fully saturated rings. The van der Waals surface area contributed by atoms with Crippen molar-refractivity contribution in [3.8, 4) is 18.2 Å². The summed E-state index contributed by atoms with van der Waals surface area (Å²) in [6, 6.07) is 5.27. The van der Waals surface area contributed by atoms with Crippen LogP contribution in [0.1, 0.15) is 78.6 Å². The molecule has 3 saturated heterocycles. The molecular weight excluding hydrogens is 596 g/mol. The van der Waals surface area contributed by atoms with Crippen LogP contribution in [0.5, 0.6) is 0 Å². The number of piperidine rings is 3. The van der Waals surface area contributed by atoms with Gasteiger partial charge >= 0.3 is 0 Å². The SMILES string of the molecule is CC(=O)C(C#N)C(=O)N1CCCCC1.CC(=O)C(C#N)C(=O)N1CCCCC1.CC(=O)C(C#N)C(=O)N1CCCCC1.[Fe]. The molecule has 0 saturated carbocycles. The number of Topliss-reactive ketones (excluding diaryl/α,β-unsaturated/α-hetero) is 3. The van der Waals surface area contributed by atoms with E-state index in [9.17, 15) is 28.8 Å². The Morgan fingerprint density at radius 2 is 0.628 bits per heavy atom. The molecule has 43 heavy (non-hydrogen) atoms. The molecule has 3 amide bonds. The fourth-order valence-corrected chi connectivity index (χ4v) is 4.85. The second-order valence-electron chi connectivity index (χ2n) is 10.7. The Morgan fingerprint density at radius 3 is 0.767 bits per heavy atom. The molecule has 0 bridgehead atoms. The Morgan fingerprint density at radius 1 is 0.442 bits per heavy atom. The summed E-state index contributed by atoms with van der Waals surface area (Å²) in [6.07, 6.45) is 9.22. The molecule has 0 spiro atoms. The number of hydrogen-bond donors (Lipinski definition) is 0.